The van der Waals surface area contributed by atoms with Gasteiger partial charge in [0, 0.05) is 12.1 Å². The van der Waals surface area contributed by atoms with Crippen molar-refractivity contribution in [2.45, 2.75) is 12.3 Å². The maximum absolute atomic E-state index is 11.6. The van der Waals surface area contributed by atoms with Crippen LogP contribution >= 0.6 is 15.9 Å². The van der Waals surface area contributed by atoms with E-state index in [1.54, 1.807) is 18.2 Å². The lowest BCUT2D eigenvalue weighted by molar-refractivity contribution is -0.119. The Kier molecular flexibility index (Phi) is 2.75. The normalized spacial score (nSPS) is 17.5. The minimum atomic E-state index is -0.491. The molecule has 0 aromatic heterocycles. The molecule has 1 aromatic carbocycles. The van der Waals surface area contributed by atoms with Gasteiger partial charge in [-0.25, -0.2) is 0 Å². The number of nitrogens with zero attached hydrogens (tertiary/aromatic N) is 1. The Morgan fingerprint density at radius 3 is 2.94 bits per heavy atom. The van der Waals surface area contributed by atoms with E-state index in [-0.39, 0.29) is 17.0 Å². The number of hydrogen-bond donors (Lipinski definition) is 1. The van der Waals surface area contributed by atoms with Crippen molar-refractivity contribution in [3.8, 4) is 6.07 Å². The second kappa shape index (κ2) is 4.06. The predicted molar refractivity (Wildman–Crippen MR) is 61.1 cm³/mol. The van der Waals surface area contributed by atoms with Gasteiger partial charge in [0.05, 0.1) is 17.6 Å². The molecule has 0 bridgehead atoms. The van der Waals surface area contributed by atoms with Crippen LogP contribution in [0, 0.1) is 11.3 Å². The smallest absolute Gasteiger partial charge is 0.232 e. The van der Waals surface area contributed by atoms with E-state index in [4.69, 9.17) is 5.26 Å². The average molecular weight is 279 g/mol. The summed E-state index contributed by atoms with van der Waals surface area (Å²) in [5.41, 5.74) is 1.89. The molecule has 16 heavy (non-hydrogen) atoms. The van der Waals surface area contributed by atoms with E-state index < -0.39 is 5.92 Å². The number of amides is 1. The van der Waals surface area contributed by atoms with Crippen LogP contribution in [0.25, 0.3) is 0 Å². The molecule has 1 aliphatic heterocycles. The molecule has 0 fully saturated rings. The first-order valence-corrected chi connectivity index (χ1v) is 5.44. The van der Waals surface area contributed by atoms with Gasteiger partial charge in [0.15, 0.2) is 4.69 Å². The van der Waals surface area contributed by atoms with Crippen LogP contribution in [0.3, 0.4) is 0 Å². The first kappa shape index (κ1) is 10.8. The Morgan fingerprint density at radius 2 is 2.31 bits per heavy atom. The summed E-state index contributed by atoms with van der Waals surface area (Å²) in [6, 6.07) is 6.98. The lowest BCUT2D eigenvalue weighted by atomic mass is 9.96. The van der Waals surface area contributed by atoms with E-state index in [0.29, 0.717) is 11.3 Å². The van der Waals surface area contributed by atoms with Crippen molar-refractivity contribution in [3.05, 3.63) is 29.3 Å². The summed E-state index contributed by atoms with van der Waals surface area (Å²) >= 11 is 2.82. The molecule has 0 aliphatic carbocycles. The van der Waals surface area contributed by atoms with Crippen molar-refractivity contribution >= 4 is 32.2 Å². The van der Waals surface area contributed by atoms with Crippen molar-refractivity contribution in [1.82, 2.24) is 0 Å². The molecule has 0 saturated carbocycles. The number of rotatable bonds is 2. The standard InChI is InChI=1S/C11H7BrN2O2/c12-10(15)4-8-7-3-6(5-13)1-2-9(7)14-11(8)16/h1-3,8H,4H2,(H,14,16). The zero-order valence-corrected chi connectivity index (χ0v) is 9.74. The van der Waals surface area contributed by atoms with Gasteiger partial charge in [0.25, 0.3) is 0 Å². The van der Waals surface area contributed by atoms with Gasteiger partial charge >= 0.3 is 0 Å². The van der Waals surface area contributed by atoms with Gasteiger partial charge in [-0.1, -0.05) is 0 Å². The molecule has 0 radical (unpaired) electrons. The predicted octanol–water partition coefficient (Wildman–Crippen LogP) is 1.91. The molecule has 1 N–H and O–H groups in total. The van der Waals surface area contributed by atoms with Gasteiger partial charge in [0.2, 0.25) is 5.91 Å². The third-order valence-corrected chi connectivity index (χ3v) is 2.82. The minimum absolute atomic E-state index is 0.105. The molecule has 0 saturated heterocycles. The molecular formula is C11H7BrN2O2. The third kappa shape index (κ3) is 1.84. The van der Waals surface area contributed by atoms with Crippen LogP contribution in [0.1, 0.15) is 23.5 Å². The third-order valence-electron chi connectivity index (χ3n) is 2.50. The summed E-state index contributed by atoms with van der Waals surface area (Å²) in [5, 5.41) is 11.5. The van der Waals surface area contributed by atoms with E-state index in [0.717, 1.165) is 5.56 Å². The summed E-state index contributed by atoms with van der Waals surface area (Å²) in [7, 11) is 0. The van der Waals surface area contributed by atoms with Crippen LogP contribution < -0.4 is 5.32 Å². The summed E-state index contributed by atoms with van der Waals surface area (Å²) in [5.74, 6) is -0.687. The van der Waals surface area contributed by atoms with Crippen molar-refractivity contribution in [2.75, 3.05) is 5.32 Å². The van der Waals surface area contributed by atoms with Gasteiger partial charge in [0.1, 0.15) is 0 Å². The first-order chi connectivity index (χ1) is 7.61. The van der Waals surface area contributed by atoms with E-state index >= 15 is 0 Å². The zero-order valence-electron chi connectivity index (χ0n) is 8.16. The van der Waals surface area contributed by atoms with Crippen molar-refractivity contribution < 1.29 is 9.59 Å². The van der Waals surface area contributed by atoms with Crippen LogP contribution in [-0.2, 0) is 9.59 Å². The summed E-state index contributed by atoms with van der Waals surface area (Å²) in [6.45, 7) is 0. The molecule has 1 atom stereocenters. The summed E-state index contributed by atoms with van der Waals surface area (Å²) in [6.07, 6.45) is 0.105. The van der Waals surface area contributed by atoms with Crippen LogP contribution in [0.5, 0.6) is 0 Å². The summed E-state index contributed by atoms with van der Waals surface area (Å²) < 4.78 is -0.220. The van der Waals surface area contributed by atoms with E-state index in [1.165, 1.54) is 0 Å². The number of carbonyl (C=O) groups excluding carboxylic acids is 2. The quantitative estimate of drug-likeness (QED) is 0.840. The highest BCUT2D eigenvalue weighted by Crippen LogP contribution is 2.35. The summed E-state index contributed by atoms with van der Waals surface area (Å²) in [4.78, 5) is 22.6. The highest BCUT2D eigenvalue weighted by molar-refractivity contribution is 9.18. The topological polar surface area (TPSA) is 70.0 Å². The van der Waals surface area contributed by atoms with Crippen LogP contribution in [0.2, 0.25) is 0 Å². The molecule has 5 heteroatoms. The molecule has 1 aromatic rings. The molecule has 1 amide bonds. The van der Waals surface area contributed by atoms with E-state index in [2.05, 4.69) is 21.2 Å². The van der Waals surface area contributed by atoms with Gasteiger partial charge in [-0.2, -0.15) is 5.26 Å². The first-order valence-electron chi connectivity index (χ1n) is 4.65. The number of halogens is 1. The Labute approximate surface area is 100 Å². The molecule has 0 spiro atoms. The Bertz CT molecular complexity index is 519. The fraction of sp³-hybridized carbons (Fsp3) is 0.182. The molecule has 4 nitrogen and oxygen atoms in total. The fourth-order valence-electron chi connectivity index (χ4n) is 1.76. The number of fused-ring (bicyclic) bond motifs is 1. The SMILES string of the molecule is N#Cc1ccc2c(c1)C(CC(=O)Br)C(=O)N2. The number of nitrogens with one attached hydrogen (secondary N) is 1. The number of carbonyl (C=O) groups is 2. The van der Waals surface area contributed by atoms with Crippen molar-refractivity contribution in [2.24, 2.45) is 0 Å². The Morgan fingerprint density at radius 1 is 1.56 bits per heavy atom. The lowest BCUT2D eigenvalue weighted by Gasteiger charge is -2.04. The van der Waals surface area contributed by atoms with Crippen molar-refractivity contribution in [3.63, 3.8) is 0 Å². The van der Waals surface area contributed by atoms with Crippen LogP contribution in [0.4, 0.5) is 5.69 Å². The maximum atomic E-state index is 11.6. The fourth-order valence-corrected chi connectivity index (χ4v) is 2.08. The molecule has 1 heterocycles. The lowest BCUT2D eigenvalue weighted by Crippen LogP contribution is -2.13. The van der Waals surface area contributed by atoms with E-state index in [9.17, 15) is 9.59 Å². The van der Waals surface area contributed by atoms with E-state index in [1.807, 2.05) is 6.07 Å². The number of hydrogen-bond acceptors (Lipinski definition) is 3. The zero-order chi connectivity index (χ0) is 11.7. The van der Waals surface area contributed by atoms with Gasteiger partial charge in [-0.3, -0.25) is 9.59 Å². The molecule has 2 rings (SSSR count). The number of benzene rings is 1. The minimum Gasteiger partial charge on any atom is -0.325 e. The molecule has 1 aliphatic rings. The second-order valence-electron chi connectivity index (χ2n) is 3.51. The van der Waals surface area contributed by atoms with Gasteiger partial charge < -0.3 is 5.32 Å². The average Bonchev–Trinajstić information content (AvgIpc) is 2.54. The van der Waals surface area contributed by atoms with Crippen LogP contribution in [-0.4, -0.2) is 10.6 Å². The Balaban J connectivity index is 2.42. The van der Waals surface area contributed by atoms with Crippen LogP contribution in [0.15, 0.2) is 18.2 Å². The van der Waals surface area contributed by atoms with Crippen molar-refractivity contribution in [1.29, 1.82) is 5.26 Å². The second-order valence-corrected chi connectivity index (χ2v) is 4.40. The molecule has 1 unspecified atom stereocenters. The largest absolute Gasteiger partial charge is 0.325 e. The van der Waals surface area contributed by atoms with Gasteiger partial charge in [-0.05, 0) is 39.7 Å². The highest BCUT2D eigenvalue weighted by Gasteiger charge is 2.31. The Hall–Kier alpha value is -1.67. The molecule has 80 valence electrons. The number of anilines is 1. The maximum Gasteiger partial charge on any atom is 0.232 e. The van der Waals surface area contributed by atoms with Gasteiger partial charge in [-0.15, -0.1) is 0 Å². The highest BCUT2D eigenvalue weighted by atomic mass is 79.9. The monoisotopic (exact) mass is 278 g/mol. The molecular weight excluding hydrogens is 272 g/mol. The number of nitriles is 1.